The lowest BCUT2D eigenvalue weighted by Gasteiger charge is -2.07. The highest BCUT2D eigenvalue weighted by Crippen LogP contribution is 2.32. The number of nitrogens with one attached hydrogen (secondary N) is 1. The van der Waals surface area contributed by atoms with Gasteiger partial charge in [-0.2, -0.15) is 0 Å². The maximum Gasteiger partial charge on any atom is 0.221 e. The average molecular weight is 340 g/mol. The first-order chi connectivity index (χ1) is 11.6. The van der Waals surface area contributed by atoms with Crippen LogP contribution in [0.1, 0.15) is 0 Å². The van der Waals surface area contributed by atoms with E-state index in [0.717, 1.165) is 16.5 Å². The molecule has 0 aliphatic heterocycles. The van der Waals surface area contributed by atoms with E-state index in [9.17, 15) is 4.39 Å². The smallest absolute Gasteiger partial charge is 0.221 e. The Bertz CT molecular complexity index is 1060. The second kappa shape index (κ2) is 5.58. The highest BCUT2D eigenvalue weighted by Gasteiger charge is 2.13. The Kier molecular flexibility index (Phi) is 3.39. The number of nitrogen functional groups attached to an aromatic ring is 1. The number of fused-ring (bicyclic) bond motifs is 1. The van der Waals surface area contributed by atoms with Crippen molar-refractivity contribution in [2.45, 2.75) is 0 Å². The van der Waals surface area contributed by atoms with Crippen LogP contribution in [0.5, 0.6) is 0 Å². The lowest BCUT2D eigenvalue weighted by molar-refractivity contribution is 0.628. The maximum atomic E-state index is 13.6. The Morgan fingerprint density at radius 3 is 2.67 bits per heavy atom. The zero-order valence-electron chi connectivity index (χ0n) is 12.3. The fourth-order valence-electron chi connectivity index (χ4n) is 2.62. The summed E-state index contributed by atoms with van der Waals surface area (Å²) >= 11 is 6.17. The number of aromatic amines is 1. The minimum Gasteiger partial charge on any atom is -0.368 e. The summed E-state index contributed by atoms with van der Waals surface area (Å²) in [4.78, 5) is 15.7. The van der Waals surface area contributed by atoms with Crippen molar-refractivity contribution >= 4 is 28.5 Å². The average Bonchev–Trinajstić information content (AvgIpc) is 3.00. The number of anilines is 1. The molecule has 0 unspecified atom stereocenters. The number of hydrogen-bond donors (Lipinski definition) is 2. The summed E-state index contributed by atoms with van der Waals surface area (Å²) in [7, 11) is 0. The fourth-order valence-corrected chi connectivity index (χ4v) is 2.83. The molecule has 3 N–H and O–H groups in total. The molecule has 24 heavy (non-hydrogen) atoms. The topological polar surface area (TPSA) is 80.5 Å². The first-order valence-corrected chi connectivity index (χ1v) is 7.51. The number of aromatic nitrogens is 4. The van der Waals surface area contributed by atoms with E-state index < -0.39 is 5.82 Å². The van der Waals surface area contributed by atoms with Crippen LogP contribution in [0.25, 0.3) is 33.4 Å². The van der Waals surface area contributed by atoms with Gasteiger partial charge in [-0.05, 0) is 30.3 Å². The Balaban J connectivity index is 1.92. The van der Waals surface area contributed by atoms with Crippen molar-refractivity contribution in [1.29, 1.82) is 0 Å². The Labute approximate surface area is 141 Å². The molecule has 1 aromatic carbocycles. The molecule has 0 fully saturated rings. The lowest BCUT2D eigenvalue weighted by atomic mass is 10.1. The highest BCUT2D eigenvalue weighted by atomic mass is 35.5. The van der Waals surface area contributed by atoms with Crippen LogP contribution in [0.2, 0.25) is 5.02 Å². The summed E-state index contributed by atoms with van der Waals surface area (Å²) in [5.41, 5.74) is 9.14. The molecule has 3 aromatic heterocycles. The first kappa shape index (κ1) is 14.6. The van der Waals surface area contributed by atoms with E-state index >= 15 is 0 Å². The van der Waals surface area contributed by atoms with Crippen LogP contribution in [0, 0.1) is 5.82 Å². The van der Waals surface area contributed by atoms with Gasteiger partial charge in [0.25, 0.3) is 0 Å². The normalized spacial score (nSPS) is 11.1. The lowest BCUT2D eigenvalue weighted by Crippen LogP contribution is -1.99. The fraction of sp³-hybridized carbons (Fsp3) is 0. The molecule has 7 heteroatoms. The number of halogens is 2. The number of rotatable bonds is 2. The van der Waals surface area contributed by atoms with Crippen molar-refractivity contribution in [2.75, 3.05) is 5.73 Å². The molecule has 0 radical (unpaired) electrons. The SMILES string of the molecule is Nc1nc(-c2cc(F)ccc2Cl)cc(-c2c[nH]c3cnccc23)n1. The summed E-state index contributed by atoms with van der Waals surface area (Å²) in [6.45, 7) is 0. The van der Waals surface area contributed by atoms with Crippen LogP contribution in [0.4, 0.5) is 10.3 Å². The van der Waals surface area contributed by atoms with E-state index in [1.807, 2.05) is 12.3 Å². The van der Waals surface area contributed by atoms with Crippen molar-refractivity contribution in [3.05, 3.63) is 59.8 Å². The number of benzene rings is 1. The second-order valence-corrected chi connectivity index (χ2v) is 5.65. The Morgan fingerprint density at radius 1 is 1.04 bits per heavy atom. The van der Waals surface area contributed by atoms with Crippen molar-refractivity contribution in [2.24, 2.45) is 0 Å². The van der Waals surface area contributed by atoms with Gasteiger partial charge < -0.3 is 10.7 Å². The number of pyridine rings is 1. The van der Waals surface area contributed by atoms with Gasteiger partial charge in [0.1, 0.15) is 5.82 Å². The van der Waals surface area contributed by atoms with Gasteiger partial charge in [0, 0.05) is 28.9 Å². The molecular formula is C17H11ClFN5. The van der Waals surface area contributed by atoms with Crippen molar-refractivity contribution < 1.29 is 4.39 Å². The molecule has 0 aliphatic carbocycles. The van der Waals surface area contributed by atoms with Crippen LogP contribution >= 0.6 is 11.6 Å². The van der Waals surface area contributed by atoms with Crippen LogP contribution in [0.3, 0.4) is 0 Å². The predicted molar refractivity (Wildman–Crippen MR) is 91.9 cm³/mol. The highest BCUT2D eigenvalue weighted by molar-refractivity contribution is 6.33. The molecule has 0 aliphatic rings. The molecule has 3 heterocycles. The largest absolute Gasteiger partial charge is 0.368 e. The summed E-state index contributed by atoms with van der Waals surface area (Å²) in [6, 6.07) is 7.73. The minimum absolute atomic E-state index is 0.0891. The number of H-pyrrole nitrogens is 1. The van der Waals surface area contributed by atoms with Crippen LogP contribution in [-0.2, 0) is 0 Å². The van der Waals surface area contributed by atoms with Gasteiger partial charge in [0.2, 0.25) is 5.95 Å². The van der Waals surface area contributed by atoms with Gasteiger partial charge >= 0.3 is 0 Å². The van der Waals surface area contributed by atoms with Crippen molar-refractivity contribution in [1.82, 2.24) is 19.9 Å². The standard InChI is InChI=1S/C17H11ClFN5/c18-13-2-1-9(19)5-11(13)14-6-15(24-17(20)23-14)12-7-22-16-8-21-4-3-10(12)16/h1-8,22H,(H2,20,23,24). The molecule has 0 saturated heterocycles. The third-order valence-electron chi connectivity index (χ3n) is 3.71. The maximum absolute atomic E-state index is 13.6. The zero-order chi connectivity index (χ0) is 16.7. The van der Waals surface area contributed by atoms with E-state index in [2.05, 4.69) is 19.9 Å². The molecule has 0 bridgehead atoms. The third-order valence-corrected chi connectivity index (χ3v) is 4.04. The van der Waals surface area contributed by atoms with Gasteiger partial charge in [0.05, 0.1) is 28.1 Å². The third kappa shape index (κ3) is 2.47. The van der Waals surface area contributed by atoms with Gasteiger partial charge in [-0.3, -0.25) is 4.98 Å². The molecule has 4 rings (SSSR count). The number of nitrogens with zero attached hydrogens (tertiary/aromatic N) is 3. The van der Waals surface area contributed by atoms with Gasteiger partial charge in [-0.1, -0.05) is 11.6 Å². The van der Waals surface area contributed by atoms with Crippen LogP contribution in [-0.4, -0.2) is 19.9 Å². The number of hydrogen-bond acceptors (Lipinski definition) is 4. The second-order valence-electron chi connectivity index (χ2n) is 5.24. The van der Waals surface area contributed by atoms with Crippen LogP contribution < -0.4 is 5.73 Å². The Morgan fingerprint density at radius 2 is 1.83 bits per heavy atom. The summed E-state index contributed by atoms with van der Waals surface area (Å²) in [5, 5.41) is 1.35. The van der Waals surface area contributed by atoms with Gasteiger partial charge in [-0.25, -0.2) is 14.4 Å². The molecule has 0 amide bonds. The molecule has 118 valence electrons. The molecule has 0 atom stereocenters. The molecular weight excluding hydrogens is 329 g/mol. The van der Waals surface area contributed by atoms with E-state index in [4.69, 9.17) is 17.3 Å². The summed E-state index contributed by atoms with van der Waals surface area (Å²) in [5.74, 6) is -0.308. The van der Waals surface area contributed by atoms with Gasteiger partial charge in [0.15, 0.2) is 0 Å². The molecule has 5 nitrogen and oxygen atoms in total. The van der Waals surface area contributed by atoms with E-state index in [1.165, 1.54) is 18.2 Å². The van der Waals surface area contributed by atoms with Crippen molar-refractivity contribution in [3.8, 4) is 22.5 Å². The van der Waals surface area contributed by atoms with E-state index in [0.29, 0.717) is 22.0 Å². The van der Waals surface area contributed by atoms with Crippen molar-refractivity contribution in [3.63, 3.8) is 0 Å². The van der Waals surface area contributed by atoms with E-state index in [-0.39, 0.29) is 5.95 Å². The molecule has 0 spiro atoms. The monoisotopic (exact) mass is 339 g/mol. The predicted octanol–water partition coefficient (Wildman–Crippen LogP) is 4.06. The van der Waals surface area contributed by atoms with Crippen LogP contribution in [0.15, 0.2) is 48.9 Å². The summed E-state index contributed by atoms with van der Waals surface area (Å²) in [6.07, 6.45) is 5.26. The quantitative estimate of drug-likeness (QED) is 0.577. The first-order valence-electron chi connectivity index (χ1n) is 7.13. The van der Waals surface area contributed by atoms with Gasteiger partial charge in [-0.15, -0.1) is 0 Å². The zero-order valence-corrected chi connectivity index (χ0v) is 13.0. The molecule has 4 aromatic rings. The summed E-state index contributed by atoms with van der Waals surface area (Å²) < 4.78 is 13.6. The number of nitrogens with two attached hydrogens (primary N) is 1. The minimum atomic E-state index is -0.397. The van der Waals surface area contributed by atoms with E-state index in [1.54, 1.807) is 18.5 Å². The Hall–Kier alpha value is -2.99. The molecule has 0 saturated carbocycles.